The monoisotopic (exact) mass is 221 g/mol. The maximum absolute atomic E-state index is 13.4. The molecule has 2 aromatic rings. The van der Waals surface area contributed by atoms with Gasteiger partial charge in [-0.1, -0.05) is 0 Å². The Bertz CT molecular complexity index is 494. The van der Waals surface area contributed by atoms with Crippen LogP contribution in [0, 0.1) is 5.82 Å². The van der Waals surface area contributed by atoms with Crippen LogP contribution in [0.2, 0.25) is 0 Å². The number of anilines is 2. The molecule has 0 radical (unpaired) electrons. The zero-order valence-corrected chi connectivity index (χ0v) is 8.81. The van der Waals surface area contributed by atoms with Gasteiger partial charge in [-0.2, -0.15) is 0 Å². The molecule has 0 unspecified atom stereocenters. The van der Waals surface area contributed by atoms with Crippen molar-refractivity contribution in [1.29, 1.82) is 0 Å². The summed E-state index contributed by atoms with van der Waals surface area (Å²) in [5, 5.41) is 10.5. The molecule has 3 N–H and O–H groups in total. The Kier molecular flexibility index (Phi) is 2.72. The van der Waals surface area contributed by atoms with Crippen molar-refractivity contribution in [1.82, 2.24) is 14.8 Å². The molecule has 0 bridgehead atoms. The average Bonchev–Trinajstić information content (AvgIpc) is 2.63. The van der Waals surface area contributed by atoms with Gasteiger partial charge in [0.2, 0.25) is 0 Å². The minimum Gasteiger partial charge on any atom is -0.399 e. The number of nitrogen functional groups attached to an aromatic ring is 1. The summed E-state index contributed by atoms with van der Waals surface area (Å²) in [6.07, 6.45) is 1.59. The number of rotatable bonds is 3. The first-order valence-electron chi connectivity index (χ1n) is 4.78. The SMILES string of the molecule is Cn1cnnc1CNc1ccc(N)cc1F. The maximum Gasteiger partial charge on any atom is 0.151 e. The molecular weight excluding hydrogens is 209 g/mol. The van der Waals surface area contributed by atoms with Crippen molar-refractivity contribution in [3.8, 4) is 0 Å². The van der Waals surface area contributed by atoms with E-state index in [-0.39, 0.29) is 5.82 Å². The van der Waals surface area contributed by atoms with Crippen LogP contribution < -0.4 is 11.1 Å². The van der Waals surface area contributed by atoms with Crippen molar-refractivity contribution < 1.29 is 4.39 Å². The van der Waals surface area contributed by atoms with E-state index in [0.717, 1.165) is 5.82 Å². The van der Waals surface area contributed by atoms with Gasteiger partial charge >= 0.3 is 0 Å². The highest BCUT2D eigenvalue weighted by Gasteiger charge is 2.04. The lowest BCUT2D eigenvalue weighted by Gasteiger charge is -2.07. The first-order chi connectivity index (χ1) is 7.66. The van der Waals surface area contributed by atoms with Crippen LogP contribution in [0.5, 0.6) is 0 Å². The van der Waals surface area contributed by atoms with E-state index in [1.54, 1.807) is 23.0 Å². The second-order valence-corrected chi connectivity index (χ2v) is 3.45. The van der Waals surface area contributed by atoms with Crippen LogP contribution in [0.15, 0.2) is 24.5 Å². The van der Waals surface area contributed by atoms with Crippen molar-refractivity contribution in [3.63, 3.8) is 0 Å². The second-order valence-electron chi connectivity index (χ2n) is 3.45. The minimum absolute atomic E-state index is 0.373. The molecule has 2 rings (SSSR count). The summed E-state index contributed by atoms with van der Waals surface area (Å²) in [5.74, 6) is 0.360. The number of benzene rings is 1. The van der Waals surface area contributed by atoms with E-state index < -0.39 is 0 Å². The van der Waals surface area contributed by atoms with Crippen LogP contribution in [0.1, 0.15) is 5.82 Å². The van der Waals surface area contributed by atoms with Crippen molar-refractivity contribution in [2.24, 2.45) is 7.05 Å². The molecule has 0 spiro atoms. The fourth-order valence-electron chi connectivity index (χ4n) is 1.32. The molecule has 0 saturated carbocycles. The fourth-order valence-corrected chi connectivity index (χ4v) is 1.32. The molecule has 0 aliphatic heterocycles. The molecule has 0 saturated heterocycles. The Morgan fingerprint density at radius 3 is 2.94 bits per heavy atom. The first-order valence-corrected chi connectivity index (χ1v) is 4.78. The highest BCUT2D eigenvalue weighted by Crippen LogP contribution is 2.17. The van der Waals surface area contributed by atoms with Crippen LogP contribution in [-0.2, 0) is 13.6 Å². The molecule has 0 amide bonds. The van der Waals surface area contributed by atoms with Gasteiger partial charge in [0.05, 0.1) is 12.2 Å². The van der Waals surface area contributed by atoms with Crippen LogP contribution in [-0.4, -0.2) is 14.8 Å². The number of nitrogens with one attached hydrogen (secondary N) is 1. The van der Waals surface area contributed by atoms with Gasteiger partial charge in [-0.15, -0.1) is 10.2 Å². The number of aromatic nitrogens is 3. The van der Waals surface area contributed by atoms with E-state index >= 15 is 0 Å². The zero-order valence-electron chi connectivity index (χ0n) is 8.81. The number of hydrogen-bond acceptors (Lipinski definition) is 4. The molecule has 1 aromatic carbocycles. The molecule has 0 atom stereocenters. The highest BCUT2D eigenvalue weighted by atomic mass is 19.1. The van der Waals surface area contributed by atoms with Crippen LogP contribution in [0.3, 0.4) is 0 Å². The van der Waals surface area contributed by atoms with Crippen molar-refractivity contribution in [3.05, 3.63) is 36.2 Å². The van der Waals surface area contributed by atoms with E-state index in [4.69, 9.17) is 5.73 Å². The number of aryl methyl sites for hydroxylation is 1. The van der Waals surface area contributed by atoms with Crippen LogP contribution in [0.4, 0.5) is 15.8 Å². The Morgan fingerprint density at radius 1 is 1.50 bits per heavy atom. The van der Waals surface area contributed by atoms with E-state index in [1.807, 2.05) is 7.05 Å². The van der Waals surface area contributed by atoms with Gasteiger partial charge in [0, 0.05) is 12.7 Å². The Balaban J connectivity index is 2.08. The van der Waals surface area contributed by atoms with E-state index in [9.17, 15) is 4.39 Å². The lowest BCUT2D eigenvalue weighted by molar-refractivity contribution is 0.630. The topological polar surface area (TPSA) is 68.8 Å². The molecule has 5 nitrogen and oxygen atoms in total. The van der Waals surface area contributed by atoms with Crippen molar-refractivity contribution >= 4 is 11.4 Å². The number of nitrogens with zero attached hydrogens (tertiary/aromatic N) is 3. The van der Waals surface area contributed by atoms with Crippen LogP contribution in [0.25, 0.3) is 0 Å². The third kappa shape index (κ3) is 2.10. The quantitative estimate of drug-likeness (QED) is 0.763. The van der Waals surface area contributed by atoms with Gasteiger partial charge in [-0.25, -0.2) is 4.39 Å². The minimum atomic E-state index is -0.373. The molecule has 0 aliphatic carbocycles. The highest BCUT2D eigenvalue weighted by molar-refractivity contribution is 5.52. The Morgan fingerprint density at radius 2 is 2.31 bits per heavy atom. The molecule has 0 aliphatic rings. The molecule has 16 heavy (non-hydrogen) atoms. The molecule has 6 heteroatoms. The summed E-state index contributed by atoms with van der Waals surface area (Å²) in [6.45, 7) is 0.414. The van der Waals surface area contributed by atoms with Crippen molar-refractivity contribution in [2.45, 2.75) is 6.54 Å². The van der Waals surface area contributed by atoms with Crippen LogP contribution >= 0.6 is 0 Å². The van der Waals surface area contributed by atoms with Crippen molar-refractivity contribution in [2.75, 3.05) is 11.1 Å². The van der Waals surface area contributed by atoms with E-state index in [1.165, 1.54) is 6.07 Å². The Hall–Kier alpha value is -2.11. The van der Waals surface area contributed by atoms with Gasteiger partial charge in [-0.3, -0.25) is 0 Å². The smallest absolute Gasteiger partial charge is 0.151 e. The summed E-state index contributed by atoms with van der Waals surface area (Å²) in [6, 6.07) is 4.52. The lowest BCUT2D eigenvalue weighted by Crippen LogP contribution is -2.07. The lowest BCUT2D eigenvalue weighted by atomic mass is 10.2. The summed E-state index contributed by atoms with van der Waals surface area (Å²) in [7, 11) is 1.83. The standard InChI is InChI=1S/C10H12FN5/c1-16-6-14-15-10(16)5-13-9-3-2-7(12)4-8(9)11/h2-4,6,13H,5,12H2,1H3. The number of halogens is 1. The second kappa shape index (κ2) is 4.18. The molecule has 1 aromatic heterocycles. The zero-order chi connectivity index (χ0) is 11.5. The van der Waals surface area contributed by atoms with E-state index in [2.05, 4.69) is 15.5 Å². The number of hydrogen-bond donors (Lipinski definition) is 2. The normalized spacial score (nSPS) is 10.4. The maximum atomic E-state index is 13.4. The predicted molar refractivity (Wildman–Crippen MR) is 59.1 cm³/mol. The molecule has 84 valence electrons. The molecular formula is C10H12FN5. The fraction of sp³-hybridized carbons (Fsp3) is 0.200. The van der Waals surface area contributed by atoms with Gasteiger partial charge in [0.25, 0.3) is 0 Å². The van der Waals surface area contributed by atoms with Gasteiger partial charge in [0.1, 0.15) is 12.1 Å². The summed E-state index contributed by atoms with van der Waals surface area (Å²) >= 11 is 0. The van der Waals surface area contributed by atoms with Gasteiger partial charge < -0.3 is 15.6 Å². The molecule has 1 heterocycles. The first kappa shape index (κ1) is 10.4. The summed E-state index contributed by atoms with van der Waals surface area (Å²) < 4.78 is 15.2. The predicted octanol–water partition coefficient (Wildman–Crippen LogP) is 1.15. The summed E-state index contributed by atoms with van der Waals surface area (Å²) in [5.41, 5.74) is 6.25. The third-order valence-electron chi connectivity index (χ3n) is 2.24. The summed E-state index contributed by atoms with van der Waals surface area (Å²) in [4.78, 5) is 0. The third-order valence-corrected chi connectivity index (χ3v) is 2.24. The molecule has 0 fully saturated rings. The largest absolute Gasteiger partial charge is 0.399 e. The average molecular weight is 221 g/mol. The number of nitrogens with two attached hydrogens (primary N) is 1. The van der Waals surface area contributed by atoms with Gasteiger partial charge in [0.15, 0.2) is 5.82 Å². The van der Waals surface area contributed by atoms with E-state index in [0.29, 0.717) is 17.9 Å². The van der Waals surface area contributed by atoms with Gasteiger partial charge in [-0.05, 0) is 18.2 Å². The Labute approximate surface area is 92.1 Å².